The van der Waals surface area contributed by atoms with E-state index in [-0.39, 0.29) is 0 Å². The molecule has 1 aromatic heterocycles. The first-order valence-electron chi connectivity index (χ1n) is 3.14. The van der Waals surface area contributed by atoms with Crippen molar-refractivity contribution in [3.63, 3.8) is 0 Å². The van der Waals surface area contributed by atoms with Crippen LogP contribution in [0.3, 0.4) is 0 Å². The number of hydrazine groups is 1. The van der Waals surface area contributed by atoms with E-state index in [1.807, 2.05) is 5.43 Å². The summed E-state index contributed by atoms with van der Waals surface area (Å²) in [5.74, 6) is 4.95. The summed E-state index contributed by atoms with van der Waals surface area (Å²) < 4.78 is 24.8. The van der Waals surface area contributed by atoms with Crippen molar-refractivity contribution >= 4 is 22.9 Å². The molecule has 0 aliphatic carbocycles. The summed E-state index contributed by atoms with van der Waals surface area (Å²) in [6.45, 7) is 0. The van der Waals surface area contributed by atoms with Gasteiger partial charge in [-0.3, -0.25) is 5.84 Å². The van der Waals surface area contributed by atoms with E-state index in [2.05, 4.69) is 0 Å². The summed E-state index contributed by atoms with van der Waals surface area (Å²) in [5.41, 5.74) is 2.36. The Hall–Kier alpha value is -0.230. The number of rotatable bonds is 3. The number of alkyl halides is 2. The topological polar surface area (TPSA) is 38.0 Å². The van der Waals surface area contributed by atoms with E-state index in [1.165, 1.54) is 17.4 Å². The molecule has 2 nitrogen and oxygen atoms in total. The maximum absolute atomic E-state index is 12.2. The largest absolute Gasteiger partial charge is 0.271 e. The van der Waals surface area contributed by atoms with Crippen LogP contribution < -0.4 is 11.3 Å². The van der Waals surface area contributed by atoms with Crippen molar-refractivity contribution in [1.82, 2.24) is 5.43 Å². The van der Waals surface area contributed by atoms with Crippen molar-refractivity contribution in [2.24, 2.45) is 5.84 Å². The van der Waals surface area contributed by atoms with E-state index in [4.69, 9.17) is 17.4 Å². The molecule has 6 heteroatoms. The first kappa shape index (κ1) is 9.85. The molecule has 0 fully saturated rings. The van der Waals surface area contributed by atoms with Gasteiger partial charge in [0.25, 0.3) is 6.43 Å². The van der Waals surface area contributed by atoms with E-state index < -0.39 is 12.5 Å². The Labute approximate surface area is 77.3 Å². The van der Waals surface area contributed by atoms with Gasteiger partial charge in [0.05, 0.1) is 4.34 Å². The highest BCUT2D eigenvalue weighted by molar-refractivity contribution is 7.14. The van der Waals surface area contributed by atoms with Gasteiger partial charge in [-0.25, -0.2) is 14.2 Å². The summed E-state index contributed by atoms with van der Waals surface area (Å²) in [4.78, 5) is 0. The minimum absolute atomic E-state index is 0.346. The lowest BCUT2D eigenvalue weighted by molar-refractivity contribution is 0.0989. The number of hydrogen-bond donors (Lipinski definition) is 2. The predicted octanol–water partition coefficient (Wildman–Crippen LogP) is 2.17. The Morgan fingerprint density at radius 3 is 2.58 bits per heavy atom. The molecule has 0 saturated heterocycles. The Kier molecular flexibility index (Phi) is 3.39. The van der Waals surface area contributed by atoms with Gasteiger partial charge >= 0.3 is 0 Å². The maximum atomic E-state index is 12.2. The van der Waals surface area contributed by atoms with Crippen LogP contribution in [0.5, 0.6) is 0 Å². The summed E-state index contributed by atoms with van der Waals surface area (Å²) in [6.07, 6.45) is -2.55. The molecule has 0 amide bonds. The minimum atomic E-state index is -2.55. The Morgan fingerprint density at radius 2 is 2.25 bits per heavy atom. The molecular formula is C6H7ClF2N2S. The SMILES string of the molecule is NNC(c1ccsc1Cl)C(F)F. The lowest BCUT2D eigenvalue weighted by Gasteiger charge is -2.13. The quantitative estimate of drug-likeness (QED) is 0.595. The zero-order valence-corrected chi connectivity index (χ0v) is 7.50. The van der Waals surface area contributed by atoms with E-state index >= 15 is 0 Å². The summed E-state index contributed by atoms with van der Waals surface area (Å²) >= 11 is 6.85. The second-order valence-corrected chi connectivity index (χ2v) is 3.65. The van der Waals surface area contributed by atoms with E-state index in [0.717, 1.165) is 0 Å². The van der Waals surface area contributed by atoms with E-state index in [9.17, 15) is 8.78 Å². The molecule has 1 rings (SSSR count). The van der Waals surface area contributed by atoms with Gasteiger partial charge < -0.3 is 0 Å². The second kappa shape index (κ2) is 4.13. The molecule has 0 spiro atoms. The first-order valence-corrected chi connectivity index (χ1v) is 4.39. The fourth-order valence-electron chi connectivity index (χ4n) is 0.825. The molecule has 12 heavy (non-hydrogen) atoms. The Morgan fingerprint density at radius 1 is 1.58 bits per heavy atom. The van der Waals surface area contributed by atoms with E-state index in [0.29, 0.717) is 9.90 Å². The maximum Gasteiger partial charge on any atom is 0.259 e. The smallest absolute Gasteiger partial charge is 0.259 e. The van der Waals surface area contributed by atoms with Crippen LogP contribution in [0.1, 0.15) is 11.6 Å². The summed E-state index contributed by atoms with van der Waals surface area (Å²) in [7, 11) is 0. The highest BCUT2D eigenvalue weighted by Gasteiger charge is 2.23. The normalized spacial score (nSPS) is 13.8. The van der Waals surface area contributed by atoms with Crippen LogP contribution in [0.25, 0.3) is 0 Å². The van der Waals surface area contributed by atoms with Crippen molar-refractivity contribution in [2.75, 3.05) is 0 Å². The second-order valence-electron chi connectivity index (χ2n) is 2.13. The number of nitrogens with two attached hydrogens (primary N) is 1. The Balaban J connectivity index is 2.87. The first-order chi connectivity index (χ1) is 5.66. The molecule has 0 radical (unpaired) electrons. The fraction of sp³-hybridized carbons (Fsp3) is 0.333. The standard InChI is InChI=1S/C6H7ClF2N2S/c7-5-3(1-2-12-5)4(11-10)6(8)9/h1-2,4,6,11H,10H2. The van der Waals surface area contributed by atoms with Crippen LogP contribution in [0, 0.1) is 0 Å². The van der Waals surface area contributed by atoms with E-state index in [1.54, 1.807) is 5.38 Å². The van der Waals surface area contributed by atoms with Crippen molar-refractivity contribution in [3.8, 4) is 0 Å². The molecule has 0 aromatic carbocycles. The van der Waals surface area contributed by atoms with Crippen LogP contribution >= 0.6 is 22.9 Å². The lowest BCUT2D eigenvalue weighted by atomic mass is 10.2. The van der Waals surface area contributed by atoms with Crippen LogP contribution in [0.4, 0.5) is 8.78 Å². The van der Waals surface area contributed by atoms with Gasteiger partial charge in [0.15, 0.2) is 0 Å². The van der Waals surface area contributed by atoms with Crippen molar-refractivity contribution in [2.45, 2.75) is 12.5 Å². The molecule has 3 N–H and O–H groups in total. The molecule has 1 unspecified atom stereocenters. The zero-order valence-electron chi connectivity index (χ0n) is 5.93. The van der Waals surface area contributed by atoms with Crippen LogP contribution in [0.2, 0.25) is 4.34 Å². The number of hydrogen-bond acceptors (Lipinski definition) is 3. The van der Waals surface area contributed by atoms with Gasteiger partial charge in [-0.15, -0.1) is 11.3 Å². The van der Waals surface area contributed by atoms with Gasteiger partial charge in [-0.1, -0.05) is 11.6 Å². The van der Waals surface area contributed by atoms with Crippen LogP contribution in [0.15, 0.2) is 11.4 Å². The number of halogens is 3. The molecule has 0 bridgehead atoms. The molecule has 0 aliphatic rings. The highest BCUT2D eigenvalue weighted by atomic mass is 35.5. The fourth-order valence-corrected chi connectivity index (χ4v) is 1.82. The molecular weight excluding hydrogens is 206 g/mol. The number of thiophene rings is 1. The van der Waals surface area contributed by atoms with Gasteiger partial charge in [0, 0.05) is 5.56 Å². The summed E-state index contributed by atoms with van der Waals surface area (Å²) in [6, 6.07) is 0.354. The molecule has 1 aromatic rings. The lowest BCUT2D eigenvalue weighted by Crippen LogP contribution is -2.32. The van der Waals surface area contributed by atoms with Crippen LogP contribution in [-0.2, 0) is 0 Å². The zero-order chi connectivity index (χ0) is 9.14. The third-order valence-electron chi connectivity index (χ3n) is 1.41. The minimum Gasteiger partial charge on any atom is -0.271 e. The summed E-state index contributed by atoms with van der Waals surface area (Å²) in [5, 5.41) is 1.64. The third-order valence-corrected chi connectivity index (χ3v) is 2.61. The van der Waals surface area contributed by atoms with Gasteiger partial charge in [0.2, 0.25) is 0 Å². The molecule has 68 valence electrons. The predicted molar refractivity (Wildman–Crippen MR) is 45.4 cm³/mol. The van der Waals surface area contributed by atoms with Gasteiger partial charge in [-0.05, 0) is 11.4 Å². The highest BCUT2D eigenvalue weighted by Crippen LogP contribution is 2.30. The molecule has 0 saturated carbocycles. The monoisotopic (exact) mass is 212 g/mol. The van der Waals surface area contributed by atoms with Crippen molar-refractivity contribution < 1.29 is 8.78 Å². The average Bonchev–Trinajstić information content (AvgIpc) is 2.38. The molecule has 1 atom stereocenters. The average molecular weight is 213 g/mol. The molecule has 1 heterocycles. The van der Waals surface area contributed by atoms with Crippen LogP contribution in [-0.4, -0.2) is 6.43 Å². The van der Waals surface area contributed by atoms with Gasteiger partial charge in [0.1, 0.15) is 6.04 Å². The number of nitrogens with one attached hydrogen (secondary N) is 1. The van der Waals surface area contributed by atoms with Crippen molar-refractivity contribution in [3.05, 3.63) is 21.3 Å². The third kappa shape index (κ3) is 1.92. The molecule has 0 aliphatic heterocycles. The van der Waals surface area contributed by atoms with Crippen molar-refractivity contribution in [1.29, 1.82) is 0 Å². The van der Waals surface area contributed by atoms with Gasteiger partial charge in [-0.2, -0.15) is 0 Å². The Bertz CT molecular complexity index is 253.